The molecule has 0 aliphatic heterocycles. The molecule has 1 N–H and O–H groups in total. The van der Waals surface area contributed by atoms with Gasteiger partial charge in [0, 0.05) is 5.41 Å². The molecule has 21 heavy (non-hydrogen) atoms. The summed E-state index contributed by atoms with van der Waals surface area (Å²) in [5.41, 5.74) is -0.229. The molecule has 114 valence electrons. The fraction of sp³-hybridized carbons (Fsp3) is 0.400. The molecule has 0 aliphatic rings. The van der Waals surface area contributed by atoms with Gasteiger partial charge in [0.2, 0.25) is 5.89 Å². The minimum atomic E-state index is -3.61. The molecule has 0 bridgehead atoms. The van der Waals surface area contributed by atoms with E-state index < -0.39 is 15.1 Å². The molecule has 0 spiro atoms. The molecule has 0 amide bonds. The van der Waals surface area contributed by atoms with Crippen molar-refractivity contribution in [2.24, 2.45) is 0 Å². The number of hydrogen-bond donors (Lipinski definition) is 1. The van der Waals surface area contributed by atoms with Crippen molar-refractivity contribution in [3.8, 4) is 5.75 Å². The van der Waals surface area contributed by atoms with Gasteiger partial charge in [-0.2, -0.15) is 0 Å². The predicted molar refractivity (Wildman–Crippen MR) is 78.9 cm³/mol. The van der Waals surface area contributed by atoms with E-state index in [0.717, 1.165) is 0 Å². The topological polar surface area (TPSA) is 80.4 Å². The first-order valence-electron chi connectivity index (χ1n) is 6.61. The second-order valence-corrected chi connectivity index (χ2v) is 8.26. The smallest absolute Gasteiger partial charge is 0.212 e. The maximum atomic E-state index is 12.5. The zero-order valence-electron chi connectivity index (χ0n) is 12.5. The first kappa shape index (κ1) is 15.6. The molecule has 1 aromatic heterocycles. The van der Waals surface area contributed by atoms with E-state index in [4.69, 9.17) is 4.42 Å². The summed E-state index contributed by atoms with van der Waals surface area (Å²) in [5, 5.41) is 8.35. The number of phenolic OH excluding ortho intramolecular Hbond substituents is 1. The van der Waals surface area contributed by atoms with E-state index in [0.29, 0.717) is 5.76 Å². The molecule has 0 fully saturated rings. The number of phenols is 1. The first-order valence-corrected chi connectivity index (χ1v) is 8.16. The number of oxazole rings is 1. The van der Waals surface area contributed by atoms with E-state index in [9.17, 15) is 13.5 Å². The van der Waals surface area contributed by atoms with Gasteiger partial charge in [-0.05, 0) is 31.2 Å². The van der Waals surface area contributed by atoms with E-state index in [1.165, 1.54) is 24.3 Å². The van der Waals surface area contributed by atoms with Gasteiger partial charge >= 0.3 is 0 Å². The Labute approximate surface area is 124 Å². The molecule has 1 aromatic carbocycles. The van der Waals surface area contributed by atoms with Crippen LogP contribution < -0.4 is 0 Å². The Morgan fingerprint density at radius 3 is 2.24 bits per heavy atom. The summed E-state index contributed by atoms with van der Waals surface area (Å²) in [6.45, 7) is 7.45. The lowest BCUT2D eigenvalue weighted by molar-refractivity contribution is 0.380. The molecule has 2 aromatic rings. The third kappa shape index (κ3) is 3.10. The average molecular weight is 309 g/mol. The fourth-order valence-corrected chi connectivity index (χ4v) is 3.09. The van der Waals surface area contributed by atoms with Crippen LogP contribution in [0.2, 0.25) is 0 Å². The number of hydrogen-bond acceptors (Lipinski definition) is 5. The second-order valence-electron chi connectivity index (χ2n) is 5.99. The zero-order chi connectivity index (χ0) is 15.8. The Morgan fingerprint density at radius 1 is 1.19 bits per heavy atom. The molecule has 0 saturated carbocycles. The van der Waals surface area contributed by atoms with E-state index >= 15 is 0 Å². The summed E-state index contributed by atoms with van der Waals surface area (Å²) in [6, 6.07) is 5.43. The Morgan fingerprint density at radius 2 is 1.76 bits per heavy atom. The Balaban J connectivity index is 2.36. The van der Waals surface area contributed by atoms with Crippen LogP contribution in [-0.2, 0) is 15.3 Å². The van der Waals surface area contributed by atoms with Crippen molar-refractivity contribution in [2.75, 3.05) is 0 Å². The van der Waals surface area contributed by atoms with Gasteiger partial charge in [-0.25, -0.2) is 13.4 Å². The third-order valence-electron chi connectivity index (χ3n) is 3.24. The lowest BCUT2D eigenvalue weighted by atomic mass is 9.94. The van der Waals surface area contributed by atoms with Crippen molar-refractivity contribution < 1.29 is 17.9 Å². The molecule has 0 saturated heterocycles. The van der Waals surface area contributed by atoms with Crippen LogP contribution in [0.15, 0.2) is 39.8 Å². The monoisotopic (exact) mass is 309 g/mol. The molecule has 6 heteroatoms. The number of nitrogens with zero attached hydrogens (tertiary/aromatic N) is 1. The highest BCUT2D eigenvalue weighted by atomic mass is 32.2. The molecule has 0 radical (unpaired) electrons. The highest BCUT2D eigenvalue weighted by Gasteiger charge is 2.30. The summed E-state index contributed by atoms with van der Waals surface area (Å²) < 4.78 is 30.6. The molecule has 1 unspecified atom stereocenters. The number of aromatic nitrogens is 1. The highest BCUT2D eigenvalue weighted by molar-refractivity contribution is 7.91. The first-order chi connectivity index (χ1) is 9.62. The van der Waals surface area contributed by atoms with Crippen LogP contribution in [0.1, 0.15) is 44.6 Å². The van der Waals surface area contributed by atoms with Crippen molar-refractivity contribution >= 4 is 9.84 Å². The fourth-order valence-electron chi connectivity index (χ4n) is 1.79. The minimum absolute atomic E-state index is 0.0211. The van der Waals surface area contributed by atoms with E-state index in [1.807, 2.05) is 20.8 Å². The molecule has 0 aliphatic carbocycles. The normalized spacial score (nSPS) is 14.1. The minimum Gasteiger partial charge on any atom is -0.508 e. The van der Waals surface area contributed by atoms with Gasteiger partial charge in [-0.15, -0.1) is 0 Å². The molecule has 5 nitrogen and oxygen atoms in total. The van der Waals surface area contributed by atoms with E-state index in [-0.39, 0.29) is 22.0 Å². The van der Waals surface area contributed by atoms with Crippen LogP contribution in [0.3, 0.4) is 0 Å². The summed E-state index contributed by atoms with van der Waals surface area (Å²) in [5.74, 6) is 0.839. The van der Waals surface area contributed by atoms with Gasteiger partial charge in [0.25, 0.3) is 0 Å². The maximum Gasteiger partial charge on any atom is 0.212 e. The van der Waals surface area contributed by atoms with Gasteiger partial charge in [0.15, 0.2) is 9.84 Å². The quantitative estimate of drug-likeness (QED) is 0.941. The number of rotatable bonds is 3. The molecule has 2 rings (SSSR count). The van der Waals surface area contributed by atoms with Gasteiger partial charge in [0.05, 0.1) is 11.1 Å². The van der Waals surface area contributed by atoms with Crippen LogP contribution in [-0.4, -0.2) is 18.5 Å². The Hall–Kier alpha value is -1.82. The lowest BCUT2D eigenvalue weighted by Crippen LogP contribution is -2.11. The third-order valence-corrected chi connectivity index (χ3v) is 5.30. The van der Waals surface area contributed by atoms with Crippen molar-refractivity contribution in [3.05, 3.63) is 42.1 Å². The Bertz CT molecular complexity index is 724. The van der Waals surface area contributed by atoms with Crippen molar-refractivity contribution in [2.45, 2.75) is 43.3 Å². The van der Waals surface area contributed by atoms with Crippen LogP contribution >= 0.6 is 0 Å². The summed E-state index contributed by atoms with van der Waals surface area (Å²) in [7, 11) is -3.61. The van der Waals surface area contributed by atoms with Gasteiger partial charge in [-0.1, -0.05) is 20.8 Å². The summed E-state index contributed by atoms with van der Waals surface area (Å²) in [6.07, 6.45) is 1.57. The molecule has 1 heterocycles. The predicted octanol–water partition coefficient (Wildman–Crippen LogP) is 3.21. The van der Waals surface area contributed by atoms with Gasteiger partial charge in [0.1, 0.15) is 16.8 Å². The summed E-state index contributed by atoms with van der Waals surface area (Å²) in [4.78, 5) is 4.22. The van der Waals surface area contributed by atoms with Crippen LogP contribution in [0.4, 0.5) is 0 Å². The lowest BCUT2D eigenvalue weighted by Gasteiger charge is -2.14. The van der Waals surface area contributed by atoms with Gasteiger partial charge < -0.3 is 9.52 Å². The van der Waals surface area contributed by atoms with Gasteiger partial charge in [-0.3, -0.25) is 0 Å². The second kappa shape index (κ2) is 5.18. The van der Waals surface area contributed by atoms with Crippen LogP contribution in [0.5, 0.6) is 5.75 Å². The molecular weight excluding hydrogens is 290 g/mol. The Kier molecular flexibility index (Phi) is 3.84. The van der Waals surface area contributed by atoms with Crippen molar-refractivity contribution in [1.82, 2.24) is 4.98 Å². The highest BCUT2D eigenvalue weighted by Crippen LogP contribution is 2.31. The zero-order valence-corrected chi connectivity index (χ0v) is 13.3. The van der Waals surface area contributed by atoms with Crippen molar-refractivity contribution in [3.63, 3.8) is 0 Å². The van der Waals surface area contributed by atoms with Crippen LogP contribution in [0, 0.1) is 0 Å². The molecule has 1 atom stereocenters. The average Bonchev–Trinajstić information content (AvgIpc) is 2.87. The number of benzene rings is 1. The van der Waals surface area contributed by atoms with E-state index in [2.05, 4.69) is 4.98 Å². The standard InChI is InChI=1S/C15H19NO4S/c1-10(14-16-9-13(20-14)15(2,3)4)21(18,19)12-7-5-11(17)6-8-12/h5-10,17H,1-4H3. The largest absolute Gasteiger partial charge is 0.508 e. The van der Waals surface area contributed by atoms with Crippen LogP contribution in [0.25, 0.3) is 0 Å². The maximum absolute atomic E-state index is 12.5. The SMILES string of the molecule is CC(c1ncc(C(C)(C)C)o1)S(=O)(=O)c1ccc(O)cc1. The number of aromatic hydroxyl groups is 1. The molecular formula is C15H19NO4S. The van der Waals surface area contributed by atoms with Crippen molar-refractivity contribution in [1.29, 1.82) is 0 Å². The van der Waals surface area contributed by atoms with E-state index in [1.54, 1.807) is 13.1 Å². The number of sulfone groups is 1. The summed E-state index contributed by atoms with van der Waals surface area (Å²) >= 11 is 0.